The number of carbonyl (C=O) groups is 3. The molecule has 1 atom stereocenters. The molecule has 0 aromatic heterocycles. The third-order valence-corrected chi connectivity index (χ3v) is 13.5. The number of allylic oxidation sites excluding steroid dienone is 12. The van der Waals surface area contributed by atoms with Gasteiger partial charge in [-0.2, -0.15) is 0 Å². The van der Waals surface area contributed by atoms with Gasteiger partial charge in [0.2, 0.25) is 0 Å². The maximum Gasteiger partial charge on any atom is 0.306 e. The van der Waals surface area contributed by atoms with Crippen molar-refractivity contribution in [2.45, 2.75) is 316 Å². The van der Waals surface area contributed by atoms with E-state index in [2.05, 4.69) is 93.7 Å². The van der Waals surface area contributed by atoms with Crippen LogP contribution in [0.2, 0.25) is 0 Å². The highest BCUT2D eigenvalue weighted by atomic mass is 16.6. The van der Waals surface area contributed by atoms with Gasteiger partial charge in [-0.1, -0.05) is 280 Å². The molecular weight excluding hydrogens is 889 g/mol. The lowest BCUT2D eigenvalue weighted by atomic mass is 10.0. The van der Waals surface area contributed by atoms with Crippen LogP contribution in [-0.2, 0) is 28.6 Å². The van der Waals surface area contributed by atoms with Crippen LogP contribution >= 0.6 is 0 Å². The molecule has 0 fully saturated rings. The van der Waals surface area contributed by atoms with E-state index in [1.165, 1.54) is 173 Å². The van der Waals surface area contributed by atoms with E-state index in [-0.39, 0.29) is 31.1 Å². The molecule has 0 aliphatic rings. The predicted octanol–water partition coefficient (Wildman–Crippen LogP) is 20.9. The zero-order valence-corrected chi connectivity index (χ0v) is 47.7. The highest BCUT2D eigenvalue weighted by molar-refractivity contribution is 5.71. The Kier molecular flexibility index (Phi) is 57.8. The van der Waals surface area contributed by atoms with Crippen LogP contribution in [0, 0.1) is 0 Å². The van der Waals surface area contributed by atoms with Crippen molar-refractivity contribution < 1.29 is 28.6 Å². The summed E-state index contributed by atoms with van der Waals surface area (Å²) in [4.78, 5) is 38.3. The molecule has 0 aliphatic heterocycles. The predicted molar refractivity (Wildman–Crippen MR) is 311 cm³/mol. The molecule has 0 N–H and O–H groups in total. The fraction of sp³-hybridized carbons (Fsp3) is 0.773. The Morgan fingerprint density at radius 2 is 0.542 bits per heavy atom. The second-order valence-electron chi connectivity index (χ2n) is 20.6. The largest absolute Gasteiger partial charge is 0.462 e. The van der Waals surface area contributed by atoms with E-state index in [9.17, 15) is 14.4 Å². The Morgan fingerprint density at radius 1 is 0.292 bits per heavy atom. The maximum atomic E-state index is 12.9. The molecule has 0 rings (SSSR count). The zero-order valence-electron chi connectivity index (χ0n) is 47.7. The summed E-state index contributed by atoms with van der Waals surface area (Å²) >= 11 is 0. The number of carbonyl (C=O) groups excluding carboxylic acids is 3. The molecule has 6 nitrogen and oxygen atoms in total. The standard InChI is InChI=1S/C66H116O6/c1-4-7-10-13-16-19-22-25-28-31-33-35-38-41-44-47-50-53-56-59-65(68)71-62-63(61-70-64(67)58-55-52-49-46-43-40-37-30-27-24-21-18-15-12-9-6-3)72-66(69)60-57-54-51-48-45-42-39-36-34-32-29-26-23-20-17-14-11-8-5-2/h7-8,10-11,16-17,19-20,25-26,28-29,63H,4-6,9,12-15,18,21-24,27,30-62H2,1-3H3/b10-7-,11-8-,19-16-,20-17-,28-25-,29-26-. The van der Waals surface area contributed by atoms with E-state index in [1.54, 1.807) is 0 Å². The summed E-state index contributed by atoms with van der Waals surface area (Å²) in [5, 5.41) is 0. The third-order valence-electron chi connectivity index (χ3n) is 13.5. The molecule has 0 saturated carbocycles. The van der Waals surface area contributed by atoms with Crippen LogP contribution in [0.25, 0.3) is 0 Å². The second-order valence-corrected chi connectivity index (χ2v) is 20.6. The Labute approximate surface area is 446 Å². The third kappa shape index (κ3) is 57.7. The van der Waals surface area contributed by atoms with Crippen LogP contribution < -0.4 is 0 Å². The summed E-state index contributed by atoms with van der Waals surface area (Å²) in [5.74, 6) is -0.872. The number of unbranched alkanes of at least 4 members (excludes halogenated alkanes) is 33. The molecule has 1 unspecified atom stereocenters. The average molecular weight is 1010 g/mol. The Hall–Kier alpha value is -3.15. The summed E-state index contributed by atoms with van der Waals surface area (Å²) < 4.78 is 16.9. The SMILES string of the molecule is CC/C=C\C/C=C\C/C=C\CCCCCCCCCCCC(=O)OCC(COC(=O)CCCCCCCCCCCCCCCCCC)OC(=O)CCCCCCCCCCC/C=C\C/C=C\C/C=C\CC. The molecule has 416 valence electrons. The average Bonchev–Trinajstić information content (AvgIpc) is 3.38. The van der Waals surface area contributed by atoms with Gasteiger partial charge in [-0.15, -0.1) is 0 Å². The lowest BCUT2D eigenvalue weighted by Gasteiger charge is -2.18. The van der Waals surface area contributed by atoms with Crippen LogP contribution in [0.15, 0.2) is 72.9 Å². The first-order chi connectivity index (χ1) is 35.5. The highest BCUT2D eigenvalue weighted by Gasteiger charge is 2.19. The molecule has 6 heteroatoms. The molecule has 72 heavy (non-hydrogen) atoms. The van der Waals surface area contributed by atoms with Crippen LogP contribution in [-0.4, -0.2) is 37.2 Å². The van der Waals surface area contributed by atoms with Crippen molar-refractivity contribution in [1.29, 1.82) is 0 Å². The molecule has 0 bridgehead atoms. The fourth-order valence-electron chi connectivity index (χ4n) is 8.89. The number of ether oxygens (including phenoxy) is 3. The zero-order chi connectivity index (χ0) is 52.2. The monoisotopic (exact) mass is 1000 g/mol. The summed E-state index contributed by atoms with van der Waals surface area (Å²) in [6.07, 6.45) is 77.5. The maximum absolute atomic E-state index is 12.9. The smallest absolute Gasteiger partial charge is 0.306 e. The van der Waals surface area contributed by atoms with Gasteiger partial charge in [0, 0.05) is 19.3 Å². The van der Waals surface area contributed by atoms with Gasteiger partial charge < -0.3 is 14.2 Å². The lowest BCUT2D eigenvalue weighted by Crippen LogP contribution is -2.30. The van der Waals surface area contributed by atoms with Gasteiger partial charge in [0.05, 0.1) is 0 Å². The minimum absolute atomic E-state index is 0.0761. The molecule has 0 aliphatic carbocycles. The first-order valence-corrected chi connectivity index (χ1v) is 30.9. The first kappa shape index (κ1) is 68.8. The van der Waals surface area contributed by atoms with Gasteiger partial charge in [-0.05, 0) is 83.5 Å². The van der Waals surface area contributed by atoms with Crippen molar-refractivity contribution in [2.75, 3.05) is 13.2 Å². The van der Waals surface area contributed by atoms with E-state index in [1.807, 2.05) is 0 Å². The van der Waals surface area contributed by atoms with Crippen LogP contribution in [0.5, 0.6) is 0 Å². The molecule has 0 aromatic carbocycles. The quantitative estimate of drug-likeness (QED) is 0.0261. The van der Waals surface area contributed by atoms with Crippen LogP contribution in [0.3, 0.4) is 0 Å². The van der Waals surface area contributed by atoms with Gasteiger partial charge in [-0.3, -0.25) is 14.4 Å². The molecule has 0 saturated heterocycles. The van der Waals surface area contributed by atoms with Crippen molar-refractivity contribution in [1.82, 2.24) is 0 Å². The lowest BCUT2D eigenvalue weighted by molar-refractivity contribution is -0.167. The Morgan fingerprint density at radius 3 is 0.847 bits per heavy atom. The Balaban J connectivity index is 4.37. The topological polar surface area (TPSA) is 78.9 Å². The number of hydrogen-bond acceptors (Lipinski definition) is 6. The van der Waals surface area contributed by atoms with Crippen LogP contribution in [0.1, 0.15) is 310 Å². The van der Waals surface area contributed by atoms with Crippen molar-refractivity contribution in [2.24, 2.45) is 0 Å². The van der Waals surface area contributed by atoms with Crippen LogP contribution in [0.4, 0.5) is 0 Å². The number of esters is 3. The van der Waals surface area contributed by atoms with Crippen molar-refractivity contribution >= 4 is 17.9 Å². The molecule has 0 amide bonds. The molecular formula is C66H116O6. The molecule has 0 heterocycles. The normalized spacial score (nSPS) is 12.5. The Bertz CT molecular complexity index is 1340. The molecule has 0 radical (unpaired) electrons. The summed E-state index contributed by atoms with van der Waals surface area (Å²) in [6, 6.07) is 0. The van der Waals surface area contributed by atoms with Gasteiger partial charge in [-0.25, -0.2) is 0 Å². The summed E-state index contributed by atoms with van der Waals surface area (Å²) in [7, 11) is 0. The highest BCUT2D eigenvalue weighted by Crippen LogP contribution is 2.17. The van der Waals surface area contributed by atoms with Gasteiger partial charge in [0.15, 0.2) is 6.10 Å². The number of hydrogen-bond donors (Lipinski definition) is 0. The van der Waals surface area contributed by atoms with E-state index in [0.29, 0.717) is 19.3 Å². The molecule has 0 aromatic rings. The van der Waals surface area contributed by atoms with Crippen molar-refractivity contribution in [3.05, 3.63) is 72.9 Å². The van der Waals surface area contributed by atoms with Crippen molar-refractivity contribution in [3.8, 4) is 0 Å². The van der Waals surface area contributed by atoms with E-state index in [4.69, 9.17) is 14.2 Å². The molecule has 0 spiro atoms. The summed E-state index contributed by atoms with van der Waals surface area (Å²) in [6.45, 7) is 6.45. The fourth-order valence-corrected chi connectivity index (χ4v) is 8.89. The van der Waals surface area contributed by atoms with Gasteiger partial charge in [0.25, 0.3) is 0 Å². The van der Waals surface area contributed by atoms with Crippen molar-refractivity contribution in [3.63, 3.8) is 0 Å². The van der Waals surface area contributed by atoms with Gasteiger partial charge in [0.1, 0.15) is 13.2 Å². The van der Waals surface area contributed by atoms with E-state index >= 15 is 0 Å². The van der Waals surface area contributed by atoms with E-state index < -0.39 is 6.10 Å². The second kappa shape index (κ2) is 60.4. The minimum atomic E-state index is -0.780. The van der Waals surface area contributed by atoms with E-state index in [0.717, 1.165) is 96.3 Å². The minimum Gasteiger partial charge on any atom is -0.462 e. The number of rotatable bonds is 56. The first-order valence-electron chi connectivity index (χ1n) is 30.9. The summed E-state index contributed by atoms with van der Waals surface area (Å²) in [5.41, 5.74) is 0. The van der Waals surface area contributed by atoms with Gasteiger partial charge >= 0.3 is 17.9 Å².